The number of hydrogen-bond acceptors (Lipinski definition) is 6. The monoisotopic (exact) mass is 311 g/mol. The van der Waals surface area contributed by atoms with E-state index in [0.29, 0.717) is 0 Å². The van der Waals surface area contributed by atoms with Crippen LogP contribution in [-0.4, -0.2) is 51.8 Å². The van der Waals surface area contributed by atoms with Gasteiger partial charge in [0.1, 0.15) is 32.9 Å². The van der Waals surface area contributed by atoms with Gasteiger partial charge in [-0.3, -0.25) is 0 Å². The van der Waals surface area contributed by atoms with Gasteiger partial charge in [-0.05, 0) is 6.92 Å². The second-order valence-electron chi connectivity index (χ2n) is 4.25. The lowest BCUT2D eigenvalue weighted by Crippen LogP contribution is -2.31. The summed E-state index contributed by atoms with van der Waals surface area (Å²) in [6.45, 7) is 0.931. The minimum atomic E-state index is -3.82. The van der Waals surface area contributed by atoms with E-state index in [1.807, 2.05) is 0 Å². The fourth-order valence-corrected chi connectivity index (χ4v) is 3.51. The molecule has 110 valence electrons. The van der Waals surface area contributed by atoms with Crippen molar-refractivity contribution in [1.82, 2.24) is 4.31 Å². The lowest BCUT2D eigenvalue weighted by atomic mass is 10.4. The predicted molar refractivity (Wildman–Crippen MR) is 68.9 cm³/mol. The standard InChI is InChI=1S/C10H17NO6S2/c1-8-10(6-9(7-12)17-8)19(15,16)11(2)4-5-18(3,13)14/h6,12H,4-5,7H2,1-3H3. The van der Waals surface area contributed by atoms with Gasteiger partial charge in [0.25, 0.3) is 0 Å². The van der Waals surface area contributed by atoms with Crippen LogP contribution in [0.2, 0.25) is 0 Å². The molecule has 0 atom stereocenters. The van der Waals surface area contributed by atoms with Crippen molar-refractivity contribution in [2.75, 3.05) is 25.6 Å². The molecule has 1 N–H and O–H groups in total. The first kappa shape index (κ1) is 16.2. The summed E-state index contributed by atoms with van der Waals surface area (Å²) in [6, 6.07) is 1.24. The number of aryl methyl sites for hydroxylation is 1. The second kappa shape index (κ2) is 5.61. The smallest absolute Gasteiger partial charge is 0.246 e. The lowest BCUT2D eigenvalue weighted by Gasteiger charge is -2.15. The molecule has 1 rings (SSSR count). The quantitative estimate of drug-likeness (QED) is 0.776. The topological polar surface area (TPSA) is 105 Å². The van der Waals surface area contributed by atoms with E-state index in [9.17, 15) is 16.8 Å². The van der Waals surface area contributed by atoms with Crippen LogP contribution in [0.3, 0.4) is 0 Å². The summed E-state index contributed by atoms with van der Waals surface area (Å²) in [5.41, 5.74) is 0. The summed E-state index contributed by atoms with van der Waals surface area (Å²) in [5, 5.41) is 8.91. The van der Waals surface area contributed by atoms with Gasteiger partial charge in [-0.1, -0.05) is 0 Å². The zero-order valence-electron chi connectivity index (χ0n) is 11.0. The van der Waals surface area contributed by atoms with E-state index >= 15 is 0 Å². The Bertz CT molecular complexity index is 644. The summed E-state index contributed by atoms with van der Waals surface area (Å²) in [4.78, 5) is -0.0625. The van der Waals surface area contributed by atoms with Gasteiger partial charge in [0.2, 0.25) is 10.0 Å². The molecule has 0 spiro atoms. The van der Waals surface area contributed by atoms with Crippen molar-refractivity contribution in [3.05, 3.63) is 17.6 Å². The first-order valence-corrected chi connectivity index (χ1v) is 8.92. The molecule has 0 aliphatic carbocycles. The third kappa shape index (κ3) is 4.03. The highest BCUT2D eigenvalue weighted by molar-refractivity contribution is 7.91. The van der Waals surface area contributed by atoms with Gasteiger partial charge in [0.15, 0.2) is 0 Å². The fraction of sp³-hybridized carbons (Fsp3) is 0.600. The lowest BCUT2D eigenvalue weighted by molar-refractivity contribution is 0.244. The van der Waals surface area contributed by atoms with Crippen LogP contribution in [-0.2, 0) is 26.5 Å². The molecule has 0 aromatic carbocycles. The highest BCUT2D eigenvalue weighted by atomic mass is 32.2. The molecule has 7 nitrogen and oxygen atoms in total. The molecule has 19 heavy (non-hydrogen) atoms. The van der Waals surface area contributed by atoms with Crippen molar-refractivity contribution in [2.45, 2.75) is 18.4 Å². The van der Waals surface area contributed by atoms with Crippen molar-refractivity contribution in [3.8, 4) is 0 Å². The fourth-order valence-electron chi connectivity index (χ4n) is 1.44. The average molecular weight is 311 g/mol. The molecule has 1 aromatic rings. The van der Waals surface area contributed by atoms with Gasteiger partial charge in [0.05, 0.1) is 5.75 Å². The molecule has 9 heteroatoms. The second-order valence-corrected chi connectivity index (χ2v) is 8.52. The van der Waals surface area contributed by atoms with Crippen LogP contribution < -0.4 is 0 Å². The molecule has 0 bridgehead atoms. The van der Waals surface area contributed by atoms with Gasteiger partial charge < -0.3 is 9.52 Å². The predicted octanol–water partition coefficient (Wildman–Crippen LogP) is -0.255. The van der Waals surface area contributed by atoms with Crippen LogP contribution in [0, 0.1) is 6.92 Å². The Morgan fingerprint density at radius 3 is 2.32 bits per heavy atom. The van der Waals surface area contributed by atoms with E-state index in [0.717, 1.165) is 10.6 Å². The summed E-state index contributed by atoms with van der Waals surface area (Å²) in [5.74, 6) is 0.0507. The van der Waals surface area contributed by atoms with Crippen LogP contribution in [0.4, 0.5) is 0 Å². The van der Waals surface area contributed by atoms with Gasteiger partial charge in [0, 0.05) is 25.9 Å². The van der Waals surface area contributed by atoms with E-state index in [1.54, 1.807) is 0 Å². The molecule has 0 fully saturated rings. The molecule has 1 heterocycles. The maximum Gasteiger partial charge on any atom is 0.246 e. The molecular weight excluding hydrogens is 294 g/mol. The van der Waals surface area contributed by atoms with E-state index in [1.165, 1.54) is 20.0 Å². The van der Waals surface area contributed by atoms with Crippen molar-refractivity contribution in [2.24, 2.45) is 0 Å². The number of nitrogens with zero attached hydrogens (tertiary/aromatic N) is 1. The number of aliphatic hydroxyl groups is 1. The first-order valence-electron chi connectivity index (χ1n) is 5.42. The minimum absolute atomic E-state index is 0.0625. The highest BCUT2D eigenvalue weighted by Crippen LogP contribution is 2.22. The molecule has 0 radical (unpaired) electrons. The number of sulfonamides is 1. The molecule has 0 aliphatic heterocycles. The zero-order chi connectivity index (χ0) is 14.8. The van der Waals surface area contributed by atoms with Crippen LogP contribution in [0.5, 0.6) is 0 Å². The van der Waals surface area contributed by atoms with Crippen molar-refractivity contribution in [1.29, 1.82) is 0 Å². The summed E-state index contributed by atoms with van der Waals surface area (Å²) in [6.07, 6.45) is 1.04. The maximum absolute atomic E-state index is 12.2. The van der Waals surface area contributed by atoms with Gasteiger partial charge in [-0.2, -0.15) is 4.31 Å². The van der Waals surface area contributed by atoms with Crippen molar-refractivity contribution < 1.29 is 26.4 Å². The Kier molecular flexibility index (Phi) is 4.77. The Hall–Kier alpha value is -0.900. The largest absolute Gasteiger partial charge is 0.462 e. The first-order chi connectivity index (χ1) is 8.58. The molecule has 0 saturated heterocycles. The number of sulfone groups is 1. The maximum atomic E-state index is 12.2. The molecule has 0 amide bonds. The number of furan rings is 1. The third-order valence-electron chi connectivity index (χ3n) is 2.54. The van der Waals surface area contributed by atoms with E-state index in [2.05, 4.69) is 0 Å². The van der Waals surface area contributed by atoms with Gasteiger partial charge in [-0.15, -0.1) is 0 Å². The summed E-state index contributed by atoms with van der Waals surface area (Å²) in [7, 11) is -5.76. The van der Waals surface area contributed by atoms with Gasteiger partial charge >= 0.3 is 0 Å². The Labute approximate surface area is 112 Å². The molecule has 0 saturated carbocycles. The van der Waals surface area contributed by atoms with Gasteiger partial charge in [-0.25, -0.2) is 16.8 Å². The SMILES string of the molecule is Cc1oc(CO)cc1S(=O)(=O)N(C)CCS(C)(=O)=O. The van der Waals surface area contributed by atoms with Crippen LogP contribution in [0.25, 0.3) is 0 Å². The summed E-state index contributed by atoms with van der Waals surface area (Å²) >= 11 is 0. The van der Waals surface area contributed by atoms with E-state index < -0.39 is 26.5 Å². The zero-order valence-corrected chi connectivity index (χ0v) is 12.6. The van der Waals surface area contributed by atoms with Crippen molar-refractivity contribution >= 4 is 19.9 Å². The van der Waals surface area contributed by atoms with Crippen molar-refractivity contribution in [3.63, 3.8) is 0 Å². The third-order valence-corrected chi connectivity index (χ3v) is 5.43. The van der Waals surface area contributed by atoms with E-state index in [4.69, 9.17) is 9.52 Å². The molecular formula is C10H17NO6S2. The van der Waals surface area contributed by atoms with E-state index in [-0.39, 0.29) is 28.7 Å². The number of rotatable bonds is 6. The highest BCUT2D eigenvalue weighted by Gasteiger charge is 2.26. The average Bonchev–Trinajstić information content (AvgIpc) is 2.67. The summed E-state index contributed by atoms with van der Waals surface area (Å²) < 4.78 is 52.5. The Morgan fingerprint density at radius 1 is 1.32 bits per heavy atom. The number of hydrogen-bond donors (Lipinski definition) is 1. The van der Waals surface area contributed by atoms with Crippen LogP contribution >= 0.6 is 0 Å². The Balaban J connectivity index is 2.99. The van der Waals surface area contributed by atoms with Crippen LogP contribution in [0.15, 0.2) is 15.4 Å². The Morgan fingerprint density at radius 2 is 1.89 bits per heavy atom. The minimum Gasteiger partial charge on any atom is -0.462 e. The number of aliphatic hydroxyl groups excluding tert-OH is 1. The normalized spacial score (nSPS) is 13.1. The molecule has 1 aromatic heterocycles. The molecule has 0 aliphatic rings. The molecule has 0 unspecified atom stereocenters. The van der Waals surface area contributed by atoms with Crippen LogP contribution in [0.1, 0.15) is 11.5 Å².